The van der Waals surface area contributed by atoms with Crippen LogP contribution in [0.2, 0.25) is 0 Å². The lowest BCUT2D eigenvalue weighted by atomic mass is 10.0. The molecule has 0 spiro atoms. The number of hydrogen-bond donors (Lipinski definition) is 1. The predicted molar refractivity (Wildman–Crippen MR) is 76.7 cm³/mol. The van der Waals surface area contributed by atoms with Crippen molar-refractivity contribution < 1.29 is 4.39 Å². The topological polar surface area (TPSA) is 12.0 Å². The van der Waals surface area contributed by atoms with Crippen LogP contribution >= 0.6 is 0 Å². The van der Waals surface area contributed by atoms with Crippen molar-refractivity contribution in [2.75, 3.05) is 5.32 Å². The van der Waals surface area contributed by atoms with E-state index in [2.05, 4.69) is 17.4 Å². The number of anilines is 1. The van der Waals surface area contributed by atoms with Gasteiger partial charge in [0.15, 0.2) is 0 Å². The average Bonchev–Trinajstić information content (AvgIpc) is 3.24. The van der Waals surface area contributed by atoms with Gasteiger partial charge in [-0.3, -0.25) is 0 Å². The van der Waals surface area contributed by atoms with Crippen molar-refractivity contribution in [3.05, 3.63) is 65.5 Å². The Balaban J connectivity index is 1.90. The molecule has 1 aliphatic rings. The molecule has 1 atom stereocenters. The summed E-state index contributed by atoms with van der Waals surface area (Å²) >= 11 is 0. The molecular formula is C17H18FN. The van der Waals surface area contributed by atoms with E-state index in [1.165, 1.54) is 24.5 Å². The second-order valence-corrected chi connectivity index (χ2v) is 5.30. The van der Waals surface area contributed by atoms with Crippen molar-refractivity contribution >= 4 is 5.69 Å². The van der Waals surface area contributed by atoms with E-state index < -0.39 is 0 Å². The maximum atomic E-state index is 13.9. The number of hydrogen-bond acceptors (Lipinski definition) is 1. The summed E-state index contributed by atoms with van der Waals surface area (Å²) in [5.74, 6) is 0.461. The van der Waals surface area contributed by atoms with E-state index >= 15 is 0 Å². The third-order valence-corrected chi connectivity index (χ3v) is 3.77. The Morgan fingerprint density at radius 3 is 2.42 bits per heavy atom. The van der Waals surface area contributed by atoms with Crippen LogP contribution < -0.4 is 5.32 Å². The molecule has 1 nitrogen and oxygen atoms in total. The molecule has 0 aromatic heterocycles. The second kappa shape index (κ2) is 5.04. The number of rotatable bonds is 4. The van der Waals surface area contributed by atoms with Gasteiger partial charge in [0, 0.05) is 0 Å². The summed E-state index contributed by atoms with van der Waals surface area (Å²) in [7, 11) is 0. The summed E-state index contributed by atoms with van der Waals surface area (Å²) in [6, 6.07) is 15.8. The van der Waals surface area contributed by atoms with Gasteiger partial charge in [-0.25, -0.2) is 4.39 Å². The SMILES string of the molecule is Cc1cccc(F)c1NC(c1ccccc1)C1CC1. The first-order valence-corrected chi connectivity index (χ1v) is 6.82. The molecule has 98 valence electrons. The Labute approximate surface area is 113 Å². The molecule has 0 aliphatic heterocycles. The van der Waals surface area contributed by atoms with E-state index in [1.807, 2.05) is 31.2 Å². The second-order valence-electron chi connectivity index (χ2n) is 5.30. The smallest absolute Gasteiger partial charge is 0.146 e. The molecule has 0 amide bonds. The number of aryl methyl sites for hydroxylation is 1. The standard InChI is InChI=1S/C17H18FN/c1-12-6-5-9-15(18)16(12)19-17(14-10-11-14)13-7-3-2-4-8-13/h2-9,14,17,19H,10-11H2,1H3. The first-order valence-electron chi connectivity index (χ1n) is 6.82. The van der Waals surface area contributed by atoms with Gasteiger partial charge in [0.1, 0.15) is 5.82 Å². The summed E-state index contributed by atoms with van der Waals surface area (Å²) in [6.07, 6.45) is 2.44. The zero-order chi connectivity index (χ0) is 13.2. The van der Waals surface area contributed by atoms with Crippen LogP contribution in [0.25, 0.3) is 0 Å². The van der Waals surface area contributed by atoms with Crippen LogP contribution in [-0.4, -0.2) is 0 Å². The quantitative estimate of drug-likeness (QED) is 0.835. The average molecular weight is 255 g/mol. The highest BCUT2D eigenvalue weighted by Gasteiger charge is 2.32. The van der Waals surface area contributed by atoms with Gasteiger partial charge in [0.25, 0.3) is 0 Å². The molecule has 0 heterocycles. The molecule has 3 rings (SSSR count). The molecule has 1 aliphatic carbocycles. The fourth-order valence-corrected chi connectivity index (χ4v) is 2.53. The first-order chi connectivity index (χ1) is 9.25. The Morgan fingerprint density at radius 1 is 1.05 bits per heavy atom. The summed E-state index contributed by atoms with van der Waals surface area (Å²) < 4.78 is 13.9. The minimum atomic E-state index is -0.165. The number of para-hydroxylation sites is 1. The van der Waals surface area contributed by atoms with Crippen LogP contribution in [0.4, 0.5) is 10.1 Å². The van der Waals surface area contributed by atoms with Gasteiger partial charge in [0.2, 0.25) is 0 Å². The lowest BCUT2D eigenvalue weighted by Gasteiger charge is -2.21. The van der Waals surface area contributed by atoms with Gasteiger partial charge in [-0.15, -0.1) is 0 Å². The molecule has 0 radical (unpaired) electrons. The maximum Gasteiger partial charge on any atom is 0.146 e. The maximum absolute atomic E-state index is 13.9. The largest absolute Gasteiger partial charge is 0.375 e. The van der Waals surface area contributed by atoms with Crippen molar-refractivity contribution in [2.24, 2.45) is 5.92 Å². The minimum Gasteiger partial charge on any atom is -0.375 e. The monoisotopic (exact) mass is 255 g/mol. The minimum absolute atomic E-state index is 0.165. The summed E-state index contributed by atoms with van der Waals surface area (Å²) in [4.78, 5) is 0. The van der Waals surface area contributed by atoms with E-state index in [4.69, 9.17) is 0 Å². The zero-order valence-electron chi connectivity index (χ0n) is 11.1. The Morgan fingerprint density at radius 2 is 1.79 bits per heavy atom. The van der Waals surface area contributed by atoms with Crippen LogP contribution in [0.1, 0.15) is 30.0 Å². The van der Waals surface area contributed by atoms with Crippen molar-refractivity contribution in [1.82, 2.24) is 0 Å². The lowest BCUT2D eigenvalue weighted by Crippen LogP contribution is -2.14. The zero-order valence-corrected chi connectivity index (χ0v) is 11.1. The van der Waals surface area contributed by atoms with Crippen molar-refractivity contribution in [3.8, 4) is 0 Å². The first kappa shape index (κ1) is 12.2. The molecule has 0 saturated heterocycles. The van der Waals surface area contributed by atoms with Crippen molar-refractivity contribution in [3.63, 3.8) is 0 Å². The highest BCUT2D eigenvalue weighted by atomic mass is 19.1. The van der Waals surface area contributed by atoms with Gasteiger partial charge in [-0.2, -0.15) is 0 Å². The van der Waals surface area contributed by atoms with Gasteiger partial charge in [-0.1, -0.05) is 42.5 Å². The van der Waals surface area contributed by atoms with E-state index in [0.29, 0.717) is 11.6 Å². The number of halogens is 1. The Kier molecular flexibility index (Phi) is 3.24. The summed E-state index contributed by atoms with van der Waals surface area (Å²) in [6.45, 7) is 1.94. The summed E-state index contributed by atoms with van der Waals surface area (Å²) in [5.41, 5.74) is 2.84. The molecule has 2 heteroatoms. The fourth-order valence-electron chi connectivity index (χ4n) is 2.53. The third kappa shape index (κ3) is 2.62. The van der Waals surface area contributed by atoms with E-state index in [9.17, 15) is 4.39 Å². The molecule has 1 unspecified atom stereocenters. The molecule has 1 saturated carbocycles. The normalized spacial score (nSPS) is 16.1. The van der Waals surface area contributed by atoms with E-state index in [-0.39, 0.29) is 11.9 Å². The van der Waals surface area contributed by atoms with Crippen molar-refractivity contribution in [1.29, 1.82) is 0 Å². The molecule has 1 N–H and O–H groups in total. The van der Waals surface area contributed by atoms with Crippen LogP contribution in [0.15, 0.2) is 48.5 Å². The highest BCUT2D eigenvalue weighted by molar-refractivity contribution is 5.53. The van der Waals surface area contributed by atoms with Crippen LogP contribution in [-0.2, 0) is 0 Å². The Bertz CT molecular complexity index is 540. The van der Waals surface area contributed by atoms with Gasteiger partial charge >= 0.3 is 0 Å². The third-order valence-electron chi connectivity index (χ3n) is 3.77. The van der Waals surface area contributed by atoms with Gasteiger partial charge < -0.3 is 5.32 Å². The molecule has 2 aromatic carbocycles. The molecule has 1 fully saturated rings. The van der Waals surface area contributed by atoms with Crippen LogP contribution in [0.3, 0.4) is 0 Å². The van der Waals surface area contributed by atoms with Gasteiger partial charge in [-0.05, 0) is 42.9 Å². The molecule has 19 heavy (non-hydrogen) atoms. The van der Waals surface area contributed by atoms with E-state index in [0.717, 1.165) is 5.56 Å². The van der Waals surface area contributed by atoms with Crippen molar-refractivity contribution in [2.45, 2.75) is 25.8 Å². The Hall–Kier alpha value is -1.83. The van der Waals surface area contributed by atoms with Gasteiger partial charge in [0.05, 0.1) is 11.7 Å². The number of nitrogens with one attached hydrogen (secondary N) is 1. The van der Waals surface area contributed by atoms with Crippen LogP contribution in [0, 0.1) is 18.7 Å². The molecule has 2 aromatic rings. The highest BCUT2D eigenvalue weighted by Crippen LogP contribution is 2.43. The van der Waals surface area contributed by atoms with E-state index in [1.54, 1.807) is 6.07 Å². The predicted octanol–water partition coefficient (Wildman–Crippen LogP) is 4.70. The number of benzene rings is 2. The lowest BCUT2D eigenvalue weighted by molar-refractivity contribution is 0.615. The van der Waals surface area contributed by atoms with Crippen LogP contribution in [0.5, 0.6) is 0 Å². The molecular weight excluding hydrogens is 237 g/mol. The summed E-state index contributed by atoms with van der Waals surface area (Å²) in [5, 5.41) is 3.42. The fraction of sp³-hybridized carbons (Fsp3) is 0.294. The molecule has 0 bridgehead atoms.